The Labute approximate surface area is 290 Å². The maximum atomic E-state index is 15.0. The average molecular weight is 713 g/mol. The molecular weight excluding hydrogens is 677 g/mol. The summed E-state index contributed by atoms with van der Waals surface area (Å²) in [5, 5.41) is 9.88. The number of ether oxygens (including phenoxy) is 2. The van der Waals surface area contributed by atoms with Crippen molar-refractivity contribution < 1.29 is 27.5 Å². The first-order valence-corrected chi connectivity index (χ1v) is 17.9. The lowest BCUT2D eigenvalue weighted by atomic mass is 9.85. The molecule has 3 aliphatic rings. The number of piperazine rings is 1. The summed E-state index contributed by atoms with van der Waals surface area (Å²) in [5.74, 6) is -0.866. The van der Waals surface area contributed by atoms with Crippen molar-refractivity contribution in [1.82, 2.24) is 14.7 Å². The summed E-state index contributed by atoms with van der Waals surface area (Å²) in [7, 11) is -2.59. The number of benzene rings is 3. The number of hydrogen-bond acceptors (Lipinski definition) is 9. The number of piperidine rings is 1. The van der Waals surface area contributed by atoms with Gasteiger partial charge in [-0.1, -0.05) is 41.4 Å². The molecule has 3 heterocycles. The van der Waals surface area contributed by atoms with Gasteiger partial charge in [0, 0.05) is 42.8 Å². The first-order chi connectivity index (χ1) is 23.0. The van der Waals surface area contributed by atoms with Gasteiger partial charge in [-0.25, -0.2) is 13.2 Å². The largest absolute Gasteiger partial charge is 0.493 e. The predicted molar refractivity (Wildman–Crippen MR) is 181 cm³/mol. The fourth-order valence-electron chi connectivity index (χ4n) is 6.73. The Morgan fingerprint density at radius 3 is 2.35 bits per heavy atom. The minimum absolute atomic E-state index is 0.00526. The third-order valence-corrected chi connectivity index (χ3v) is 11.6. The van der Waals surface area contributed by atoms with E-state index in [1.54, 1.807) is 31.2 Å². The van der Waals surface area contributed by atoms with E-state index in [0.29, 0.717) is 36.5 Å². The molecule has 1 unspecified atom stereocenters. The molecule has 6 rings (SSSR count). The summed E-state index contributed by atoms with van der Waals surface area (Å²) in [5.41, 5.74) is -2.16. The number of halogens is 2. The molecule has 2 amide bonds. The van der Waals surface area contributed by atoms with Crippen molar-refractivity contribution in [2.24, 2.45) is 0 Å². The van der Waals surface area contributed by atoms with Crippen LogP contribution < -0.4 is 9.04 Å². The fraction of sp³-hybridized carbons (Fsp3) is 0.382. The highest BCUT2D eigenvalue weighted by Crippen LogP contribution is 2.52. The quantitative estimate of drug-likeness (QED) is 0.330. The molecule has 0 saturated carbocycles. The molecule has 11 nitrogen and oxygen atoms in total. The number of amides is 2. The van der Waals surface area contributed by atoms with Crippen LogP contribution in [0.15, 0.2) is 65.6 Å². The van der Waals surface area contributed by atoms with Crippen LogP contribution in [0, 0.1) is 11.3 Å². The maximum absolute atomic E-state index is 15.0. The molecular formula is C34H35Cl2N5O6S. The van der Waals surface area contributed by atoms with Gasteiger partial charge in [-0.2, -0.15) is 9.57 Å². The molecule has 0 N–H and O–H groups in total. The van der Waals surface area contributed by atoms with E-state index in [-0.39, 0.29) is 49.7 Å². The van der Waals surface area contributed by atoms with Gasteiger partial charge in [-0.15, -0.1) is 0 Å². The van der Waals surface area contributed by atoms with E-state index in [2.05, 4.69) is 22.9 Å². The zero-order valence-electron chi connectivity index (χ0n) is 26.6. The second-order valence-electron chi connectivity index (χ2n) is 12.0. The van der Waals surface area contributed by atoms with Crippen molar-refractivity contribution in [2.75, 3.05) is 57.2 Å². The second kappa shape index (κ2) is 13.6. The van der Waals surface area contributed by atoms with E-state index >= 15 is 0 Å². The molecule has 3 aromatic carbocycles. The minimum atomic E-state index is -4.70. The summed E-state index contributed by atoms with van der Waals surface area (Å²) in [6, 6.07) is 16.9. The summed E-state index contributed by atoms with van der Waals surface area (Å²) in [6.45, 7) is 5.98. The van der Waals surface area contributed by atoms with Crippen LogP contribution in [0.4, 0.5) is 10.5 Å². The fourth-order valence-corrected chi connectivity index (χ4v) is 8.94. The first-order valence-electron chi connectivity index (χ1n) is 15.7. The molecule has 14 heteroatoms. The van der Waals surface area contributed by atoms with Crippen LogP contribution >= 0.6 is 23.2 Å². The summed E-state index contributed by atoms with van der Waals surface area (Å²) < 4.78 is 41.5. The van der Waals surface area contributed by atoms with Crippen LogP contribution in [-0.2, 0) is 25.2 Å². The van der Waals surface area contributed by atoms with Crippen molar-refractivity contribution in [2.45, 2.75) is 36.3 Å². The van der Waals surface area contributed by atoms with Gasteiger partial charge in [0.2, 0.25) is 5.60 Å². The summed E-state index contributed by atoms with van der Waals surface area (Å²) >= 11 is 12.4. The second-order valence-corrected chi connectivity index (χ2v) is 14.6. The van der Waals surface area contributed by atoms with E-state index in [4.69, 9.17) is 32.7 Å². The van der Waals surface area contributed by atoms with Gasteiger partial charge in [0.1, 0.15) is 10.6 Å². The van der Waals surface area contributed by atoms with Gasteiger partial charge < -0.3 is 19.3 Å². The monoisotopic (exact) mass is 711 g/mol. The van der Waals surface area contributed by atoms with Gasteiger partial charge >= 0.3 is 6.09 Å². The van der Waals surface area contributed by atoms with E-state index in [0.717, 1.165) is 25.9 Å². The predicted octanol–water partition coefficient (Wildman–Crippen LogP) is 5.09. The SMILES string of the molecule is CCOc1ccccc1C1(OC(=O)N2CCN(C3CCN(C)CC3)CC2)C(=O)N(S(=O)(=O)c2ccc(Cl)cc2Cl)c2ccc(C#N)cc21. The first kappa shape index (κ1) is 34.0. The Morgan fingerprint density at radius 2 is 1.69 bits per heavy atom. The Balaban J connectivity index is 1.44. The van der Waals surface area contributed by atoms with E-state index in [1.807, 2.05) is 0 Å². The van der Waals surface area contributed by atoms with Gasteiger partial charge in [0.05, 0.1) is 34.5 Å². The Hall–Kier alpha value is -3.86. The number of anilines is 1. The van der Waals surface area contributed by atoms with Gasteiger partial charge in [0.25, 0.3) is 15.9 Å². The average Bonchev–Trinajstić information content (AvgIpc) is 3.32. The topological polar surface area (TPSA) is 123 Å². The van der Waals surface area contributed by atoms with Crippen LogP contribution in [0.25, 0.3) is 0 Å². The third kappa shape index (κ3) is 5.99. The number of rotatable bonds is 7. The Morgan fingerprint density at radius 1 is 0.979 bits per heavy atom. The third-order valence-electron chi connectivity index (χ3n) is 9.21. The Bertz CT molecular complexity index is 1890. The molecule has 1 atom stereocenters. The molecule has 0 spiro atoms. The number of nitrogens with zero attached hydrogens (tertiary/aromatic N) is 5. The highest BCUT2D eigenvalue weighted by Gasteiger charge is 2.61. The van der Waals surface area contributed by atoms with Crippen molar-refractivity contribution in [1.29, 1.82) is 5.26 Å². The molecule has 48 heavy (non-hydrogen) atoms. The zero-order valence-corrected chi connectivity index (χ0v) is 28.9. The highest BCUT2D eigenvalue weighted by atomic mass is 35.5. The number of carbonyl (C=O) groups is 2. The molecule has 3 aliphatic heterocycles. The van der Waals surface area contributed by atoms with Gasteiger partial charge in [-0.3, -0.25) is 9.69 Å². The molecule has 0 aromatic heterocycles. The van der Waals surface area contributed by atoms with Crippen molar-refractivity contribution in [3.05, 3.63) is 87.4 Å². The number of carbonyl (C=O) groups excluding carboxylic acids is 2. The molecule has 252 valence electrons. The smallest absolute Gasteiger partial charge is 0.411 e. The van der Waals surface area contributed by atoms with Crippen LogP contribution in [0.2, 0.25) is 10.0 Å². The standard InChI is InChI=1S/C34H35Cl2N5O6S/c1-3-46-30-7-5-4-6-26(30)34(47-33(43)40-18-16-39(17-19-40)25-12-14-38(2)15-13-25)27-20-23(22-37)8-10-29(27)41(32(34)42)48(44,45)31-11-9-24(35)21-28(31)36/h4-11,20-21,25H,3,12-19H2,1-2H3. The lowest BCUT2D eigenvalue weighted by Crippen LogP contribution is -2.55. The van der Waals surface area contributed by atoms with Crippen molar-refractivity contribution >= 4 is 50.9 Å². The zero-order chi connectivity index (χ0) is 34.2. The van der Waals surface area contributed by atoms with Crippen molar-refractivity contribution in [3.8, 4) is 11.8 Å². The van der Waals surface area contributed by atoms with E-state index in [9.17, 15) is 23.3 Å². The lowest BCUT2D eigenvalue weighted by molar-refractivity contribution is -0.132. The highest BCUT2D eigenvalue weighted by molar-refractivity contribution is 7.93. The molecule has 2 saturated heterocycles. The number of hydrogen-bond donors (Lipinski definition) is 0. The summed E-state index contributed by atoms with van der Waals surface area (Å²) in [6.07, 6.45) is 1.30. The normalized spacial score (nSPS) is 20.8. The van der Waals surface area contributed by atoms with Crippen LogP contribution in [0.1, 0.15) is 36.5 Å². The van der Waals surface area contributed by atoms with Crippen LogP contribution in [0.3, 0.4) is 0 Å². The molecule has 3 aromatic rings. The van der Waals surface area contributed by atoms with Gasteiger partial charge in [-0.05, 0) is 82.4 Å². The van der Waals surface area contributed by atoms with Crippen LogP contribution in [-0.4, -0.2) is 94.1 Å². The molecule has 0 bridgehead atoms. The van der Waals surface area contributed by atoms with E-state index in [1.165, 1.54) is 41.3 Å². The van der Waals surface area contributed by atoms with E-state index < -0.39 is 27.6 Å². The number of likely N-dealkylation sites (tertiary alicyclic amines) is 1. The molecule has 0 aliphatic carbocycles. The van der Waals surface area contributed by atoms with Crippen molar-refractivity contribution in [3.63, 3.8) is 0 Å². The lowest BCUT2D eigenvalue weighted by Gasteiger charge is -2.42. The van der Waals surface area contributed by atoms with Crippen LogP contribution in [0.5, 0.6) is 5.75 Å². The Kier molecular flexibility index (Phi) is 9.62. The maximum Gasteiger partial charge on any atom is 0.411 e. The summed E-state index contributed by atoms with van der Waals surface area (Å²) in [4.78, 5) is 35.0. The van der Waals surface area contributed by atoms with Gasteiger partial charge in [0.15, 0.2) is 0 Å². The molecule has 2 fully saturated rings. The minimum Gasteiger partial charge on any atom is -0.493 e. The molecule has 0 radical (unpaired) electrons. The number of nitriles is 1. The number of sulfonamides is 1. The number of fused-ring (bicyclic) bond motifs is 1. The number of para-hydroxylation sites is 1.